The van der Waals surface area contributed by atoms with Crippen molar-refractivity contribution in [3.63, 3.8) is 0 Å². The molecule has 6 heavy (non-hydrogen) atoms. The van der Waals surface area contributed by atoms with Gasteiger partial charge in [0.25, 0.3) is 0 Å². The maximum Gasteiger partial charge on any atom is 0.489 e. The van der Waals surface area contributed by atoms with Gasteiger partial charge in [-0.15, -0.1) is 0 Å². The molecule has 1 rings (SSSR count). The second-order valence-corrected chi connectivity index (χ2v) is 0.968. The van der Waals surface area contributed by atoms with Gasteiger partial charge in [-0.3, -0.25) is 5.32 Å². The van der Waals surface area contributed by atoms with E-state index in [1.807, 2.05) is 0 Å². The first kappa shape index (κ1) is 4.11. The Labute approximate surface area is 36.9 Å². The van der Waals surface area contributed by atoms with E-state index < -0.39 is 0 Å². The fourth-order valence-corrected chi connectivity index (χ4v) is 0.276. The largest absolute Gasteiger partial charge is 0.489 e. The van der Waals surface area contributed by atoms with Crippen LogP contribution in [0.5, 0.6) is 0 Å². The highest BCUT2D eigenvalue weighted by Gasteiger charge is 1.97. The van der Waals surface area contributed by atoms with Crippen LogP contribution >= 0.6 is 0 Å². The van der Waals surface area contributed by atoms with Crippen LogP contribution in [-0.2, 0) is 9.31 Å². The van der Waals surface area contributed by atoms with Crippen LogP contribution in [0.3, 0.4) is 0 Å². The molecule has 0 aliphatic carbocycles. The molecule has 1 N–H and O–H groups in total. The maximum atomic E-state index is 4.61. The molecule has 0 spiro atoms. The van der Waals surface area contributed by atoms with E-state index >= 15 is 0 Å². The SMILES string of the molecule is [B]1OCNCO1. The fraction of sp³-hybridized carbons (Fsp3) is 1.00. The smallest absolute Gasteiger partial charge is 0.400 e. The van der Waals surface area contributed by atoms with Crippen LogP contribution in [0.4, 0.5) is 0 Å². The van der Waals surface area contributed by atoms with Gasteiger partial charge in [-0.25, -0.2) is 0 Å². The summed E-state index contributed by atoms with van der Waals surface area (Å²) in [4.78, 5) is 0. The van der Waals surface area contributed by atoms with Crippen molar-refractivity contribution in [3.05, 3.63) is 0 Å². The molecule has 0 amide bonds. The molecule has 0 unspecified atom stereocenters. The predicted octanol–water partition coefficient (Wildman–Crippen LogP) is -0.928. The quantitative estimate of drug-likeness (QED) is 0.386. The summed E-state index contributed by atoms with van der Waals surface area (Å²) >= 11 is 0. The molecule has 1 fully saturated rings. The molecule has 0 aromatic rings. The van der Waals surface area contributed by atoms with Crippen molar-refractivity contribution in [1.82, 2.24) is 5.32 Å². The van der Waals surface area contributed by atoms with Crippen molar-refractivity contribution in [1.29, 1.82) is 0 Å². The first-order valence-corrected chi connectivity index (χ1v) is 1.76. The van der Waals surface area contributed by atoms with Gasteiger partial charge in [0, 0.05) is 0 Å². The molecule has 1 aliphatic rings. The van der Waals surface area contributed by atoms with E-state index in [0.29, 0.717) is 13.5 Å². The summed E-state index contributed by atoms with van der Waals surface area (Å²) in [5.74, 6) is 0. The lowest BCUT2D eigenvalue weighted by Crippen LogP contribution is -2.30. The molecular weight excluding hydrogens is 80.8 g/mol. The topological polar surface area (TPSA) is 30.5 Å². The highest BCUT2D eigenvalue weighted by Crippen LogP contribution is 1.75. The summed E-state index contributed by atoms with van der Waals surface area (Å²) in [6, 6.07) is 0. The lowest BCUT2D eigenvalue weighted by Gasteiger charge is -2.10. The van der Waals surface area contributed by atoms with Crippen molar-refractivity contribution in [3.8, 4) is 0 Å². The first-order chi connectivity index (χ1) is 3.00. The average Bonchev–Trinajstić information content (AvgIpc) is 1.72. The van der Waals surface area contributed by atoms with Crippen LogP contribution in [0, 0.1) is 0 Å². The van der Waals surface area contributed by atoms with Crippen LogP contribution < -0.4 is 5.32 Å². The number of rotatable bonds is 0. The third kappa shape index (κ3) is 0.968. The minimum atomic E-state index is 0.569. The molecule has 1 radical (unpaired) electrons. The normalized spacial score (nSPS) is 22.7. The molecule has 0 saturated carbocycles. The van der Waals surface area contributed by atoms with Crippen LogP contribution in [0.1, 0.15) is 0 Å². The van der Waals surface area contributed by atoms with Gasteiger partial charge in [0.15, 0.2) is 0 Å². The Bertz CT molecular complexity index is 27.0. The van der Waals surface area contributed by atoms with Crippen LogP contribution in [0.2, 0.25) is 0 Å². The van der Waals surface area contributed by atoms with E-state index in [9.17, 15) is 0 Å². The summed E-state index contributed by atoms with van der Waals surface area (Å²) in [6.07, 6.45) is 0. The highest BCUT2D eigenvalue weighted by molar-refractivity contribution is 6.18. The second-order valence-electron chi connectivity index (χ2n) is 0.968. The van der Waals surface area contributed by atoms with E-state index in [1.165, 1.54) is 7.69 Å². The minimum Gasteiger partial charge on any atom is -0.400 e. The van der Waals surface area contributed by atoms with Crippen molar-refractivity contribution < 1.29 is 9.31 Å². The summed E-state index contributed by atoms with van der Waals surface area (Å²) in [5.41, 5.74) is 0. The Morgan fingerprint density at radius 2 is 2.00 bits per heavy atom. The average molecular weight is 85.9 g/mol. The Morgan fingerprint density at radius 3 is 2.17 bits per heavy atom. The number of nitrogens with one attached hydrogen (secondary N) is 1. The molecule has 0 atom stereocenters. The Morgan fingerprint density at radius 1 is 1.33 bits per heavy atom. The van der Waals surface area contributed by atoms with Crippen molar-refractivity contribution in [2.75, 3.05) is 13.5 Å². The van der Waals surface area contributed by atoms with E-state index in [1.54, 1.807) is 0 Å². The number of hydrogen-bond acceptors (Lipinski definition) is 3. The summed E-state index contributed by atoms with van der Waals surface area (Å²) in [5, 5.41) is 2.81. The van der Waals surface area contributed by atoms with Gasteiger partial charge in [-0.05, 0) is 0 Å². The van der Waals surface area contributed by atoms with E-state index in [2.05, 4.69) is 14.6 Å². The Hall–Kier alpha value is -0.0551. The summed E-state index contributed by atoms with van der Waals surface area (Å²) in [7, 11) is 1.33. The third-order valence-electron chi connectivity index (χ3n) is 0.507. The predicted molar refractivity (Wildman–Crippen MR) is 20.8 cm³/mol. The lowest BCUT2D eigenvalue weighted by atomic mass is 10.4. The number of hydrogen-bond donors (Lipinski definition) is 1. The standard InChI is InChI=1S/C2H5BNO2/c1-4-2-6-3-5-1/h4H,1-2H2. The van der Waals surface area contributed by atoms with Crippen molar-refractivity contribution in [2.24, 2.45) is 0 Å². The van der Waals surface area contributed by atoms with Crippen molar-refractivity contribution in [2.45, 2.75) is 0 Å². The Balaban J connectivity index is 2.00. The minimum absolute atomic E-state index is 0.569. The summed E-state index contributed by atoms with van der Waals surface area (Å²) < 4.78 is 9.22. The molecular formula is C2H5BNO2. The van der Waals surface area contributed by atoms with E-state index in [0.717, 1.165) is 0 Å². The first-order valence-electron chi connectivity index (χ1n) is 1.76. The lowest BCUT2D eigenvalue weighted by molar-refractivity contribution is 0.125. The van der Waals surface area contributed by atoms with Gasteiger partial charge in [-0.1, -0.05) is 0 Å². The zero-order valence-electron chi connectivity index (χ0n) is 3.31. The molecule has 0 bridgehead atoms. The van der Waals surface area contributed by atoms with E-state index in [-0.39, 0.29) is 0 Å². The second kappa shape index (κ2) is 2.18. The molecule has 0 aromatic carbocycles. The van der Waals surface area contributed by atoms with Crippen LogP contribution in [0.15, 0.2) is 0 Å². The van der Waals surface area contributed by atoms with Gasteiger partial charge in [-0.2, -0.15) is 0 Å². The van der Waals surface area contributed by atoms with Gasteiger partial charge in [0.05, 0.1) is 13.5 Å². The van der Waals surface area contributed by atoms with Crippen molar-refractivity contribution >= 4 is 7.69 Å². The fourth-order valence-electron chi connectivity index (χ4n) is 0.276. The zero-order chi connectivity index (χ0) is 4.24. The van der Waals surface area contributed by atoms with Gasteiger partial charge < -0.3 is 9.31 Å². The summed E-state index contributed by atoms with van der Waals surface area (Å²) in [6.45, 7) is 1.14. The zero-order valence-corrected chi connectivity index (χ0v) is 3.31. The molecule has 4 heteroatoms. The highest BCUT2D eigenvalue weighted by atomic mass is 16.6. The van der Waals surface area contributed by atoms with Gasteiger partial charge >= 0.3 is 7.69 Å². The Kier molecular flexibility index (Phi) is 1.49. The monoisotopic (exact) mass is 86.0 g/mol. The molecule has 1 aliphatic heterocycles. The molecule has 1 heterocycles. The maximum absolute atomic E-state index is 4.61. The molecule has 3 nitrogen and oxygen atoms in total. The molecule has 0 aromatic heterocycles. The van der Waals surface area contributed by atoms with Crippen LogP contribution in [0.25, 0.3) is 0 Å². The van der Waals surface area contributed by atoms with E-state index in [4.69, 9.17) is 0 Å². The third-order valence-corrected chi connectivity index (χ3v) is 0.507. The molecule has 1 saturated heterocycles. The van der Waals surface area contributed by atoms with Gasteiger partial charge in [0.2, 0.25) is 0 Å². The molecule has 33 valence electrons. The van der Waals surface area contributed by atoms with Gasteiger partial charge in [0.1, 0.15) is 0 Å². The van der Waals surface area contributed by atoms with Crippen LogP contribution in [-0.4, -0.2) is 21.1 Å².